The van der Waals surface area contributed by atoms with Crippen molar-refractivity contribution < 1.29 is 0 Å². The molecule has 1 nitrogen and oxygen atoms in total. The standard InChI is InChI=1S/C3H6NS2/c1-4(3-5)6-2/h1-2H3. The van der Waals surface area contributed by atoms with Gasteiger partial charge in [0.2, 0.25) is 0 Å². The quantitative estimate of drug-likeness (QED) is 0.304. The molecule has 6 heavy (non-hydrogen) atoms. The minimum atomic E-state index is 1.54. The third-order valence-electron chi connectivity index (χ3n) is 0.402. The molecule has 0 unspecified atom stereocenters. The van der Waals surface area contributed by atoms with Gasteiger partial charge in [0.1, 0.15) is 5.49 Å². The van der Waals surface area contributed by atoms with Gasteiger partial charge in [0.05, 0.1) is 0 Å². The Bertz CT molecular complexity index is 46.1. The maximum absolute atomic E-state index is 4.43. The van der Waals surface area contributed by atoms with Crippen molar-refractivity contribution in [3.05, 3.63) is 0 Å². The van der Waals surface area contributed by atoms with Crippen LogP contribution in [0.1, 0.15) is 0 Å². The Labute approximate surface area is 47.8 Å². The van der Waals surface area contributed by atoms with Gasteiger partial charge in [-0.05, 0) is 0 Å². The van der Waals surface area contributed by atoms with Crippen LogP contribution in [0.15, 0.2) is 0 Å². The lowest BCUT2D eigenvalue weighted by Gasteiger charge is -2.01. The van der Waals surface area contributed by atoms with Crippen LogP contribution in [-0.2, 0) is 0 Å². The van der Waals surface area contributed by atoms with Gasteiger partial charge in [-0.1, -0.05) is 24.2 Å². The molecule has 35 valence electrons. The summed E-state index contributed by atoms with van der Waals surface area (Å²) < 4.78 is 1.73. The van der Waals surface area contributed by atoms with Gasteiger partial charge in [0, 0.05) is 13.3 Å². The average Bonchev–Trinajstić information content (AvgIpc) is 1.65. The molecule has 0 aliphatic rings. The van der Waals surface area contributed by atoms with E-state index in [1.807, 2.05) is 13.3 Å². The summed E-state index contributed by atoms with van der Waals surface area (Å²) in [6, 6.07) is 0. The molecule has 0 aromatic carbocycles. The van der Waals surface area contributed by atoms with Crippen molar-refractivity contribution in [1.82, 2.24) is 4.31 Å². The molecular formula is C3H6NS2. The molecule has 0 amide bonds. The molecule has 0 atom stereocenters. The van der Waals surface area contributed by atoms with Crippen molar-refractivity contribution in [2.24, 2.45) is 0 Å². The van der Waals surface area contributed by atoms with E-state index in [1.54, 1.807) is 16.3 Å². The van der Waals surface area contributed by atoms with E-state index in [4.69, 9.17) is 0 Å². The van der Waals surface area contributed by atoms with Crippen molar-refractivity contribution in [3.8, 4) is 0 Å². The second-order valence-electron chi connectivity index (χ2n) is 0.771. The lowest BCUT2D eigenvalue weighted by atomic mass is 11.3. The lowest BCUT2D eigenvalue weighted by molar-refractivity contribution is 0.892. The van der Waals surface area contributed by atoms with Gasteiger partial charge in [-0.15, -0.1) is 0 Å². The van der Waals surface area contributed by atoms with Crippen molar-refractivity contribution >= 4 is 29.7 Å². The second kappa shape index (κ2) is 3.43. The van der Waals surface area contributed by atoms with Crippen molar-refractivity contribution in [3.63, 3.8) is 0 Å². The monoisotopic (exact) mass is 120 g/mol. The molecule has 0 fully saturated rings. The first-order valence-corrected chi connectivity index (χ1v) is 3.06. The number of nitrogens with zero attached hydrogens (tertiary/aromatic N) is 1. The first-order chi connectivity index (χ1) is 2.81. The summed E-state index contributed by atoms with van der Waals surface area (Å²) >= 11 is 5.97. The summed E-state index contributed by atoms with van der Waals surface area (Å²) in [6.45, 7) is 0. The summed E-state index contributed by atoms with van der Waals surface area (Å²) in [5.74, 6) is 0. The van der Waals surface area contributed by atoms with Crippen LogP contribution in [0.2, 0.25) is 0 Å². The predicted octanol–water partition coefficient (Wildman–Crippen LogP) is 1.03. The minimum absolute atomic E-state index is 1.54. The topological polar surface area (TPSA) is 3.24 Å². The molecular weight excluding hydrogens is 114 g/mol. The van der Waals surface area contributed by atoms with Gasteiger partial charge in [0.25, 0.3) is 0 Å². The van der Waals surface area contributed by atoms with Crippen LogP contribution in [0.25, 0.3) is 0 Å². The molecule has 0 bridgehead atoms. The van der Waals surface area contributed by atoms with Crippen molar-refractivity contribution in [2.45, 2.75) is 0 Å². The maximum atomic E-state index is 4.43. The molecule has 0 aliphatic carbocycles. The minimum Gasteiger partial charge on any atom is -0.308 e. The van der Waals surface area contributed by atoms with Crippen molar-refractivity contribution in [2.75, 3.05) is 13.3 Å². The number of hydrogen-bond donors (Lipinski definition) is 0. The van der Waals surface area contributed by atoms with Crippen LogP contribution < -0.4 is 0 Å². The van der Waals surface area contributed by atoms with Gasteiger partial charge >= 0.3 is 0 Å². The van der Waals surface area contributed by atoms with E-state index in [0.717, 1.165) is 0 Å². The number of hydrogen-bond acceptors (Lipinski definition) is 2. The molecule has 0 heterocycles. The molecule has 0 aliphatic heterocycles. The van der Waals surface area contributed by atoms with Gasteiger partial charge in [0.15, 0.2) is 0 Å². The van der Waals surface area contributed by atoms with Crippen LogP contribution in [-0.4, -0.2) is 23.1 Å². The second-order valence-corrected chi connectivity index (χ2v) is 1.87. The van der Waals surface area contributed by atoms with E-state index in [0.29, 0.717) is 0 Å². The van der Waals surface area contributed by atoms with Gasteiger partial charge in [-0.2, -0.15) is 0 Å². The highest BCUT2D eigenvalue weighted by atomic mass is 32.2. The van der Waals surface area contributed by atoms with Crippen LogP contribution in [0.3, 0.4) is 0 Å². The Kier molecular flexibility index (Phi) is 3.57. The predicted molar refractivity (Wildman–Crippen MR) is 33.9 cm³/mol. The molecule has 3 heteroatoms. The summed E-state index contributed by atoms with van der Waals surface area (Å²) in [4.78, 5) is 0. The largest absolute Gasteiger partial charge is 0.308 e. The molecule has 0 saturated carbocycles. The lowest BCUT2D eigenvalue weighted by Crippen LogP contribution is -2.00. The number of rotatable bonds is 2. The third kappa shape index (κ3) is 2.48. The molecule has 0 rings (SSSR count). The van der Waals surface area contributed by atoms with Crippen LogP contribution >= 0.6 is 24.2 Å². The van der Waals surface area contributed by atoms with E-state index >= 15 is 0 Å². The fraction of sp³-hybridized carbons (Fsp3) is 0.667. The zero-order valence-electron chi connectivity index (χ0n) is 3.76. The third-order valence-corrected chi connectivity index (χ3v) is 1.43. The fourth-order valence-corrected chi connectivity index (χ4v) is 0.335. The van der Waals surface area contributed by atoms with E-state index < -0.39 is 0 Å². The van der Waals surface area contributed by atoms with E-state index in [9.17, 15) is 0 Å². The van der Waals surface area contributed by atoms with Crippen LogP contribution in [0.5, 0.6) is 0 Å². The molecule has 0 N–H and O–H groups in total. The van der Waals surface area contributed by atoms with Crippen molar-refractivity contribution in [1.29, 1.82) is 0 Å². The molecule has 1 radical (unpaired) electrons. The highest BCUT2D eigenvalue weighted by molar-refractivity contribution is 7.97. The molecule has 0 spiro atoms. The zero-order valence-corrected chi connectivity index (χ0v) is 5.40. The zero-order chi connectivity index (χ0) is 4.99. The fourth-order valence-electron chi connectivity index (χ4n) is 0.0373. The Morgan fingerprint density at radius 2 is 2.33 bits per heavy atom. The maximum Gasteiger partial charge on any atom is 0.147 e. The summed E-state index contributed by atoms with van der Waals surface area (Å²) in [6.07, 6.45) is 1.94. The van der Waals surface area contributed by atoms with Crippen LogP contribution in [0, 0.1) is 0 Å². The molecule has 0 saturated heterocycles. The normalized spacial score (nSPS) is 7.67. The Hall–Kier alpha value is 0.240. The summed E-state index contributed by atoms with van der Waals surface area (Å²) in [5.41, 5.74) is 2.49. The molecule has 0 aromatic rings. The SMILES string of the molecule is CSN(C)[C]=S. The van der Waals surface area contributed by atoms with Crippen LogP contribution in [0.4, 0.5) is 0 Å². The van der Waals surface area contributed by atoms with E-state index in [-0.39, 0.29) is 0 Å². The Morgan fingerprint density at radius 1 is 1.83 bits per heavy atom. The van der Waals surface area contributed by atoms with Gasteiger partial charge in [-0.25, -0.2) is 0 Å². The highest BCUT2D eigenvalue weighted by Gasteiger charge is 1.78. The first-order valence-electron chi connectivity index (χ1n) is 1.47. The Morgan fingerprint density at radius 3 is 2.33 bits per heavy atom. The smallest absolute Gasteiger partial charge is 0.147 e. The highest BCUT2D eigenvalue weighted by Crippen LogP contribution is 1.93. The van der Waals surface area contributed by atoms with E-state index in [2.05, 4.69) is 17.7 Å². The van der Waals surface area contributed by atoms with Gasteiger partial charge < -0.3 is 4.31 Å². The molecule has 0 aromatic heterocycles. The number of thiocarbonyl (C=S) groups is 1. The summed E-state index contributed by atoms with van der Waals surface area (Å²) in [5, 5.41) is 0. The summed E-state index contributed by atoms with van der Waals surface area (Å²) in [7, 11) is 1.86. The van der Waals surface area contributed by atoms with E-state index in [1.165, 1.54) is 0 Å². The first kappa shape index (κ1) is 6.24. The average molecular weight is 120 g/mol. The Balaban J connectivity index is 2.96. The van der Waals surface area contributed by atoms with Gasteiger partial charge in [-0.3, -0.25) is 0 Å².